The lowest BCUT2D eigenvalue weighted by Gasteiger charge is -2.23. The molecule has 1 unspecified atom stereocenters. The minimum absolute atomic E-state index is 0.264. The number of amides is 1. The van der Waals surface area contributed by atoms with Crippen LogP contribution in [0.3, 0.4) is 0 Å². The van der Waals surface area contributed by atoms with Crippen molar-refractivity contribution in [3.05, 3.63) is 36.5 Å². The number of hydrogen-bond acceptors (Lipinski definition) is 7. The van der Waals surface area contributed by atoms with Crippen molar-refractivity contribution < 1.29 is 18.3 Å². The molecule has 4 heterocycles. The quantitative estimate of drug-likeness (QED) is 0.710. The van der Waals surface area contributed by atoms with Gasteiger partial charge in [0.1, 0.15) is 17.2 Å². The van der Waals surface area contributed by atoms with Crippen molar-refractivity contribution in [2.24, 2.45) is 11.7 Å². The van der Waals surface area contributed by atoms with Gasteiger partial charge in [-0.25, -0.2) is 28.7 Å². The van der Waals surface area contributed by atoms with Gasteiger partial charge in [-0.3, -0.25) is 9.20 Å². The SMILES string of the molecule is NC(=O)C1COCCN(c2ccnc(-c3cnc4cnc(C(F)F)cn34)n2)C1. The van der Waals surface area contributed by atoms with Crippen molar-refractivity contribution in [2.45, 2.75) is 6.43 Å². The molecule has 1 saturated heterocycles. The highest BCUT2D eigenvalue weighted by molar-refractivity contribution is 5.77. The molecule has 1 atom stereocenters. The summed E-state index contributed by atoms with van der Waals surface area (Å²) in [5.41, 5.74) is 5.93. The summed E-state index contributed by atoms with van der Waals surface area (Å²) >= 11 is 0. The van der Waals surface area contributed by atoms with E-state index in [1.807, 2.05) is 4.90 Å². The molecule has 0 aromatic carbocycles. The second-order valence-corrected chi connectivity index (χ2v) is 6.34. The van der Waals surface area contributed by atoms with Gasteiger partial charge in [0.05, 0.1) is 31.5 Å². The highest BCUT2D eigenvalue weighted by Gasteiger charge is 2.24. The number of anilines is 1. The van der Waals surface area contributed by atoms with Crippen LogP contribution in [0.2, 0.25) is 0 Å². The lowest BCUT2D eigenvalue weighted by Crippen LogP contribution is -2.37. The van der Waals surface area contributed by atoms with Crippen molar-refractivity contribution in [3.63, 3.8) is 0 Å². The molecule has 0 saturated carbocycles. The first-order chi connectivity index (χ1) is 13.5. The van der Waals surface area contributed by atoms with Crippen molar-refractivity contribution in [2.75, 3.05) is 31.2 Å². The molecule has 0 aliphatic carbocycles. The third-order valence-electron chi connectivity index (χ3n) is 4.50. The summed E-state index contributed by atoms with van der Waals surface area (Å²) in [4.78, 5) is 30.1. The Morgan fingerprint density at radius 3 is 2.93 bits per heavy atom. The van der Waals surface area contributed by atoms with Crippen LogP contribution < -0.4 is 10.6 Å². The van der Waals surface area contributed by atoms with Crippen LogP contribution >= 0.6 is 0 Å². The number of primary amides is 1. The van der Waals surface area contributed by atoms with Gasteiger partial charge in [-0.1, -0.05) is 0 Å². The Hall–Kier alpha value is -3.21. The van der Waals surface area contributed by atoms with Crippen molar-refractivity contribution in [1.82, 2.24) is 24.3 Å². The lowest BCUT2D eigenvalue weighted by atomic mass is 10.1. The number of ether oxygens (including phenoxy) is 1. The molecule has 146 valence electrons. The highest BCUT2D eigenvalue weighted by atomic mass is 19.3. The molecule has 1 amide bonds. The van der Waals surface area contributed by atoms with Gasteiger partial charge in [0.2, 0.25) is 5.91 Å². The van der Waals surface area contributed by atoms with Crippen molar-refractivity contribution in [1.29, 1.82) is 0 Å². The molecule has 11 heteroatoms. The number of rotatable bonds is 4. The van der Waals surface area contributed by atoms with Gasteiger partial charge in [-0.05, 0) is 6.07 Å². The third kappa shape index (κ3) is 3.48. The van der Waals surface area contributed by atoms with Gasteiger partial charge in [-0.2, -0.15) is 0 Å². The molecule has 0 spiro atoms. The van der Waals surface area contributed by atoms with Gasteiger partial charge >= 0.3 is 0 Å². The monoisotopic (exact) mass is 389 g/mol. The molecule has 28 heavy (non-hydrogen) atoms. The predicted molar refractivity (Wildman–Crippen MR) is 94.7 cm³/mol. The molecule has 2 N–H and O–H groups in total. The second-order valence-electron chi connectivity index (χ2n) is 6.34. The van der Waals surface area contributed by atoms with Crippen molar-refractivity contribution >= 4 is 17.4 Å². The predicted octanol–water partition coefficient (Wildman–Crippen LogP) is 1.06. The summed E-state index contributed by atoms with van der Waals surface area (Å²) in [6, 6.07) is 1.71. The minimum Gasteiger partial charge on any atom is -0.379 e. The number of fused-ring (bicyclic) bond motifs is 1. The van der Waals surface area contributed by atoms with E-state index < -0.39 is 18.3 Å². The largest absolute Gasteiger partial charge is 0.379 e. The number of aromatic nitrogens is 5. The number of carbonyl (C=O) groups is 1. The van der Waals surface area contributed by atoms with Gasteiger partial charge in [-0.15, -0.1) is 0 Å². The van der Waals surface area contributed by atoms with Crippen LogP contribution in [-0.2, 0) is 9.53 Å². The summed E-state index contributed by atoms with van der Waals surface area (Å²) in [5, 5.41) is 0. The Morgan fingerprint density at radius 1 is 1.29 bits per heavy atom. The minimum atomic E-state index is -2.70. The van der Waals surface area contributed by atoms with Crippen LogP contribution in [0.5, 0.6) is 0 Å². The molecule has 3 aromatic rings. The molecule has 9 nitrogen and oxygen atoms in total. The third-order valence-corrected chi connectivity index (χ3v) is 4.50. The van der Waals surface area contributed by atoms with E-state index in [1.54, 1.807) is 12.3 Å². The molecule has 0 radical (unpaired) electrons. The fraction of sp³-hybridized carbons (Fsp3) is 0.353. The molecule has 1 fully saturated rings. The summed E-state index contributed by atoms with van der Waals surface area (Å²) in [6.45, 7) is 1.60. The topological polar surface area (TPSA) is 112 Å². The average Bonchev–Trinajstić information content (AvgIpc) is 2.95. The van der Waals surface area contributed by atoms with E-state index in [-0.39, 0.29) is 12.3 Å². The van der Waals surface area contributed by atoms with Crippen molar-refractivity contribution in [3.8, 4) is 11.5 Å². The van der Waals surface area contributed by atoms with Gasteiger partial charge < -0.3 is 15.4 Å². The van der Waals surface area contributed by atoms with Gasteiger partial charge in [0.15, 0.2) is 11.5 Å². The Morgan fingerprint density at radius 2 is 2.14 bits per heavy atom. The maximum atomic E-state index is 13.0. The van der Waals surface area contributed by atoms with Gasteiger partial charge in [0, 0.05) is 25.5 Å². The number of nitrogens with zero attached hydrogens (tertiary/aromatic N) is 6. The average molecular weight is 389 g/mol. The summed E-state index contributed by atoms with van der Waals surface area (Å²) in [5.74, 6) is 0.0171. The zero-order valence-electron chi connectivity index (χ0n) is 14.7. The van der Waals surface area contributed by atoms with Crippen LogP contribution in [0, 0.1) is 5.92 Å². The molecule has 3 aromatic heterocycles. The molecular weight excluding hydrogens is 372 g/mol. The lowest BCUT2D eigenvalue weighted by molar-refractivity contribution is -0.122. The maximum Gasteiger partial charge on any atom is 0.281 e. The Labute approximate surface area is 158 Å². The van der Waals surface area contributed by atoms with E-state index in [0.717, 1.165) is 0 Å². The number of alkyl halides is 2. The summed E-state index contributed by atoms with van der Waals surface area (Å²) in [7, 11) is 0. The Kier molecular flexibility index (Phi) is 4.82. The molecule has 1 aliphatic heterocycles. The van der Waals surface area contributed by atoms with E-state index in [0.29, 0.717) is 42.7 Å². The van der Waals surface area contributed by atoms with E-state index in [1.165, 1.54) is 23.0 Å². The summed E-state index contributed by atoms with van der Waals surface area (Å²) < 4.78 is 32.9. The molecule has 0 bridgehead atoms. The van der Waals surface area contributed by atoms with Crippen LogP contribution in [-0.4, -0.2) is 56.5 Å². The number of hydrogen-bond donors (Lipinski definition) is 1. The number of carbonyl (C=O) groups excluding carboxylic acids is 1. The van der Waals surface area contributed by atoms with Gasteiger partial charge in [0.25, 0.3) is 6.43 Å². The van der Waals surface area contributed by atoms with Crippen LogP contribution in [0.15, 0.2) is 30.9 Å². The first-order valence-corrected chi connectivity index (χ1v) is 8.59. The van der Waals surface area contributed by atoms with E-state index in [9.17, 15) is 13.6 Å². The number of nitrogens with two attached hydrogens (primary N) is 1. The first kappa shape index (κ1) is 18.2. The fourth-order valence-corrected chi connectivity index (χ4v) is 3.02. The van der Waals surface area contributed by atoms with Crippen LogP contribution in [0.4, 0.5) is 14.6 Å². The standard InChI is InChI=1S/C17H17F2N7O2/c18-15(19)11-8-26-12(5-23-14(26)6-22-11)17-21-2-1-13(24-17)25-3-4-28-9-10(7-25)16(20)27/h1-2,5-6,8,10,15H,3-4,7,9H2,(H2,20,27). The maximum absolute atomic E-state index is 13.0. The zero-order valence-corrected chi connectivity index (χ0v) is 14.7. The van der Waals surface area contributed by atoms with Crippen LogP contribution in [0.25, 0.3) is 17.2 Å². The molecule has 1 aliphatic rings. The highest BCUT2D eigenvalue weighted by Crippen LogP contribution is 2.23. The molecule has 4 rings (SSSR count). The fourth-order valence-electron chi connectivity index (χ4n) is 3.02. The Balaban J connectivity index is 1.70. The van der Waals surface area contributed by atoms with Crippen LogP contribution in [0.1, 0.15) is 12.1 Å². The molecular formula is C17H17F2N7O2. The number of imidazole rings is 1. The van der Waals surface area contributed by atoms with E-state index >= 15 is 0 Å². The normalized spacial score (nSPS) is 17.8. The Bertz CT molecular complexity index is 1010. The second kappa shape index (κ2) is 7.43. The zero-order chi connectivity index (χ0) is 19.7. The first-order valence-electron chi connectivity index (χ1n) is 8.59. The van der Waals surface area contributed by atoms with E-state index in [4.69, 9.17) is 10.5 Å². The van der Waals surface area contributed by atoms with E-state index in [2.05, 4.69) is 19.9 Å². The number of halogens is 2. The smallest absolute Gasteiger partial charge is 0.281 e. The summed E-state index contributed by atoms with van der Waals surface area (Å²) in [6.07, 6.45) is 2.87.